The molecule has 0 unspecified atom stereocenters. The van der Waals surface area contributed by atoms with Gasteiger partial charge in [-0.25, -0.2) is 13.1 Å². The first-order valence-corrected chi connectivity index (χ1v) is 7.13. The van der Waals surface area contributed by atoms with Gasteiger partial charge >= 0.3 is 0 Å². The maximum absolute atomic E-state index is 11.8. The van der Waals surface area contributed by atoms with Crippen molar-refractivity contribution in [3.63, 3.8) is 0 Å². The van der Waals surface area contributed by atoms with Crippen LogP contribution >= 0.6 is 39.1 Å². The van der Waals surface area contributed by atoms with E-state index >= 15 is 0 Å². The standard InChI is InChI=1S/C9H8BrCl2NO2S/c1-6(10)5-13-16(14,15)9-3-7(11)2-8(12)4-9/h2-4,13H,1,5H2. The third-order valence-corrected chi connectivity index (χ3v) is 3.70. The van der Waals surface area contributed by atoms with E-state index in [9.17, 15) is 8.42 Å². The molecule has 0 saturated heterocycles. The van der Waals surface area contributed by atoms with Gasteiger partial charge in [0.25, 0.3) is 0 Å². The fourth-order valence-electron chi connectivity index (χ4n) is 0.940. The first kappa shape index (κ1) is 14.0. The summed E-state index contributed by atoms with van der Waals surface area (Å²) in [4.78, 5) is 0.0266. The molecule has 88 valence electrons. The van der Waals surface area contributed by atoms with E-state index < -0.39 is 10.0 Å². The molecule has 0 radical (unpaired) electrons. The maximum Gasteiger partial charge on any atom is 0.240 e. The van der Waals surface area contributed by atoms with Crippen molar-refractivity contribution >= 4 is 49.2 Å². The molecule has 0 heterocycles. The van der Waals surface area contributed by atoms with Gasteiger partial charge in [-0.15, -0.1) is 0 Å². The largest absolute Gasteiger partial charge is 0.240 e. The molecule has 0 aliphatic heterocycles. The fraction of sp³-hybridized carbons (Fsp3) is 0.111. The summed E-state index contributed by atoms with van der Waals surface area (Å²) in [7, 11) is -3.61. The zero-order valence-electron chi connectivity index (χ0n) is 8.00. The van der Waals surface area contributed by atoms with Crippen molar-refractivity contribution in [3.8, 4) is 0 Å². The van der Waals surface area contributed by atoms with Gasteiger partial charge in [-0.2, -0.15) is 0 Å². The Balaban J connectivity index is 3.02. The normalized spacial score (nSPS) is 11.4. The van der Waals surface area contributed by atoms with Crippen LogP contribution in [0.25, 0.3) is 0 Å². The Labute approximate surface area is 113 Å². The van der Waals surface area contributed by atoms with Crippen LogP contribution in [0.15, 0.2) is 34.2 Å². The molecule has 0 bridgehead atoms. The lowest BCUT2D eigenvalue weighted by atomic mass is 10.4. The molecule has 0 fully saturated rings. The van der Waals surface area contributed by atoms with Crippen LogP contribution < -0.4 is 4.72 Å². The predicted octanol–water partition coefficient (Wildman–Crippen LogP) is 3.18. The molecule has 0 saturated carbocycles. The third-order valence-electron chi connectivity index (χ3n) is 1.60. The molecule has 0 aliphatic rings. The van der Waals surface area contributed by atoms with Gasteiger partial charge in [-0.05, 0) is 18.2 Å². The van der Waals surface area contributed by atoms with E-state index in [1.807, 2.05) is 0 Å². The van der Waals surface area contributed by atoms with Crippen LogP contribution in [0.1, 0.15) is 0 Å². The quantitative estimate of drug-likeness (QED) is 0.911. The number of sulfonamides is 1. The van der Waals surface area contributed by atoms with E-state index in [0.717, 1.165) is 0 Å². The molecule has 1 aromatic carbocycles. The Kier molecular flexibility index (Phi) is 4.82. The van der Waals surface area contributed by atoms with Crippen molar-refractivity contribution in [2.45, 2.75) is 4.90 Å². The Morgan fingerprint density at radius 2 is 1.81 bits per heavy atom. The minimum absolute atomic E-state index is 0.0266. The van der Waals surface area contributed by atoms with Crippen LogP contribution in [-0.2, 0) is 10.0 Å². The molecule has 0 spiro atoms. The summed E-state index contributed by atoms with van der Waals surface area (Å²) in [6.45, 7) is 3.63. The van der Waals surface area contributed by atoms with Crippen molar-refractivity contribution in [1.82, 2.24) is 4.72 Å². The van der Waals surface area contributed by atoms with E-state index in [0.29, 0.717) is 4.48 Å². The zero-order chi connectivity index (χ0) is 12.3. The molecule has 7 heteroatoms. The smallest absolute Gasteiger partial charge is 0.207 e. The van der Waals surface area contributed by atoms with Crippen LogP contribution in [0, 0.1) is 0 Å². The summed E-state index contributed by atoms with van der Waals surface area (Å²) in [6.07, 6.45) is 0. The fourth-order valence-corrected chi connectivity index (χ4v) is 3.02. The first-order chi connectivity index (χ1) is 7.31. The number of rotatable bonds is 4. The average molecular weight is 345 g/mol. The Morgan fingerprint density at radius 1 is 1.31 bits per heavy atom. The Bertz CT molecular complexity index is 496. The number of hydrogen-bond acceptors (Lipinski definition) is 2. The molecule has 3 nitrogen and oxygen atoms in total. The second-order valence-electron chi connectivity index (χ2n) is 2.95. The van der Waals surface area contributed by atoms with Crippen molar-refractivity contribution in [3.05, 3.63) is 39.3 Å². The number of halogens is 3. The van der Waals surface area contributed by atoms with Gasteiger partial charge in [0.2, 0.25) is 10.0 Å². The summed E-state index contributed by atoms with van der Waals surface area (Å²) in [5, 5.41) is 0.538. The lowest BCUT2D eigenvalue weighted by molar-refractivity contribution is 0.585. The van der Waals surface area contributed by atoms with Crippen molar-refractivity contribution in [2.75, 3.05) is 6.54 Å². The van der Waals surface area contributed by atoms with E-state index in [2.05, 4.69) is 27.2 Å². The summed E-state index contributed by atoms with van der Waals surface area (Å²) in [5.74, 6) is 0. The van der Waals surface area contributed by atoms with Crippen LogP contribution in [0.2, 0.25) is 10.0 Å². The molecular weight excluding hydrogens is 337 g/mol. The van der Waals surface area contributed by atoms with Gasteiger partial charge in [0.15, 0.2) is 0 Å². The van der Waals surface area contributed by atoms with Crippen LogP contribution in [0.3, 0.4) is 0 Å². The highest BCUT2D eigenvalue weighted by molar-refractivity contribution is 9.11. The maximum atomic E-state index is 11.8. The second kappa shape index (κ2) is 5.51. The number of nitrogens with one attached hydrogen (secondary N) is 1. The lowest BCUT2D eigenvalue weighted by Gasteiger charge is -2.06. The third kappa shape index (κ3) is 4.07. The molecule has 1 rings (SSSR count). The van der Waals surface area contributed by atoms with Gasteiger partial charge in [0.1, 0.15) is 0 Å². The van der Waals surface area contributed by atoms with Crippen molar-refractivity contribution in [1.29, 1.82) is 0 Å². The molecule has 0 atom stereocenters. The molecule has 16 heavy (non-hydrogen) atoms. The first-order valence-electron chi connectivity index (χ1n) is 4.10. The number of benzene rings is 1. The lowest BCUT2D eigenvalue weighted by Crippen LogP contribution is -2.24. The van der Waals surface area contributed by atoms with Gasteiger partial charge in [0.05, 0.1) is 4.90 Å². The average Bonchev–Trinajstić information content (AvgIpc) is 2.13. The predicted molar refractivity (Wildman–Crippen MR) is 69.7 cm³/mol. The van der Waals surface area contributed by atoms with E-state index in [4.69, 9.17) is 23.2 Å². The van der Waals surface area contributed by atoms with Crippen molar-refractivity contribution < 1.29 is 8.42 Å². The highest BCUT2D eigenvalue weighted by Gasteiger charge is 2.14. The van der Waals surface area contributed by atoms with Gasteiger partial charge < -0.3 is 0 Å². The SMILES string of the molecule is C=C(Br)CNS(=O)(=O)c1cc(Cl)cc(Cl)c1. The Hall–Kier alpha value is -0.0700. The van der Waals surface area contributed by atoms with Crippen molar-refractivity contribution in [2.24, 2.45) is 0 Å². The summed E-state index contributed by atoms with van der Waals surface area (Å²) < 4.78 is 26.4. The monoisotopic (exact) mass is 343 g/mol. The highest BCUT2D eigenvalue weighted by atomic mass is 79.9. The second-order valence-corrected chi connectivity index (χ2v) is 6.71. The van der Waals surface area contributed by atoms with E-state index in [1.54, 1.807) is 0 Å². The van der Waals surface area contributed by atoms with Gasteiger partial charge in [-0.1, -0.05) is 45.7 Å². The Morgan fingerprint density at radius 3 is 2.25 bits per heavy atom. The molecule has 0 amide bonds. The molecule has 1 N–H and O–H groups in total. The van der Waals surface area contributed by atoms with Crippen LogP contribution in [-0.4, -0.2) is 15.0 Å². The van der Waals surface area contributed by atoms with E-state index in [1.165, 1.54) is 18.2 Å². The summed E-state index contributed by atoms with van der Waals surface area (Å²) >= 11 is 14.5. The summed E-state index contributed by atoms with van der Waals surface area (Å²) in [5.41, 5.74) is 0. The minimum Gasteiger partial charge on any atom is -0.207 e. The molecular formula is C9H8BrCl2NO2S. The molecule has 0 aromatic heterocycles. The molecule has 0 aliphatic carbocycles. The van der Waals surface area contributed by atoms with Gasteiger partial charge in [-0.3, -0.25) is 0 Å². The molecule has 1 aromatic rings. The van der Waals surface area contributed by atoms with Gasteiger partial charge in [0, 0.05) is 21.1 Å². The summed E-state index contributed by atoms with van der Waals surface area (Å²) in [6, 6.07) is 4.12. The zero-order valence-corrected chi connectivity index (χ0v) is 11.9. The number of hydrogen-bond donors (Lipinski definition) is 1. The van der Waals surface area contributed by atoms with Crippen LogP contribution in [0.5, 0.6) is 0 Å². The van der Waals surface area contributed by atoms with E-state index in [-0.39, 0.29) is 21.5 Å². The van der Waals surface area contributed by atoms with Crippen LogP contribution in [0.4, 0.5) is 0 Å². The highest BCUT2D eigenvalue weighted by Crippen LogP contribution is 2.22. The topological polar surface area (TPSA) is 46.2 Å². The minimum atomic E-state index is -3.61.